The minimum Gasteiger partial charge on any atom is -0.497 e. The SMILES string of the molecule is COc1cccc([C@H]2C3=C(Nc4ncnn42)c2ccccc2O[C@@H]3c2ccccc2F)c1. The summed E-state index contributed by atoms with van der Waals surface area (Å²) in [6, 6.07) is 21.9. The van der Waals surface area contributed by atoms with E-state index in [4.69, 9.17) is 9.47 Å². The molecule has 158 valence electrons. The van der Waals surface area contributed by atoms with Gasteiger partial charge in [0.2, 0.25) is 5.95 Å². The molecule has 0 saturated heterocycles. The number of fused-ring (bicyclic) bond motifs is 3. The Balaban J connectivity index is 1.64. The predicted octanol–water partition coefficient (Wildman–Crippen LogP) is 4.99. The molecule has 32 heavy (non-hydrogen) atoms. The van der Waals surface area contributed by atoms with E-state index >= 15 is 4.39 Å². The molecule has 0 unspecified atom stereocenters. The number of ether oxygens (including phenoxy) is 2. The average molecular weight is 426 g/mol. The molecule has 1 N–H and O–H groups in total. The summed E-state index contributed by atoms with van der Waals surface area (Å²) in [7, 11) is 1.63. The van der Waals surface area contributed by atoms with Gasteiger partial charge in [0, 0.05) is 16.7 Å². The Labute approximate surface area is 183 Å². The van der Waals surface area contributed by atoms with E-state index in [1.807, 2.05) is 54.6 Å². The Bertz CT molecular complexity index is 1360. The highest BCUT2D eigenvalue weighted by atomic mass is 19.1. The summed E-state index contributed by atoms with van der Waals surface area (Å²) < 4.78 is 28.7. The zero-order valence-corrected chi connectivity index (χ0v) is 17.2. The topological polar surface area (TPSA) is 61.2 Å². The van der Waals surface area contributed by atoms with Gasteiger partial charge in [0.1, 0.15) is 29.7 Å². The summed E-state index contributed by atoms with van der Waals surface area (Å²) in [4.78, 5) is 4.41. The standard InChI is InChI=1S/C25H19FN4O2/c1-31-16-8-6-7-15(13-16)23-21-22(29-25-27-14-28-30(23)25)18-10-3-5-12-20(18)32-24(21)17-9-2-4-11-19(17)26/h2-14,23-24H,1H3,(H,27,28,29)/t23-,24+/m0/s1. The average Bonchev–Trinajstić information content (AvgIpc) is 3.31. The Morgan fingerprint density at radius 3 is 2.75 bits per heavy atom. The number of benzene rings is 3. The van der Waals surface area contributed by atoms with Gasteiger partial charge in [-0.1, -0.05) is 42.5 Å². The fraction of sp³-hybridized carbons (Fsp3) is 0.120. The van der Waals surface area contributed by atoms with Crippen LogP contribution in [0.4, 0.5) is 10.3 Å². The highest BCUT2D eigenvalue weighted by molar-refractivity contribution is 5.85. The van der Waals surface area contributed by atoms with Gasteiger partial charge in [0.25, 0.3) is 0 Å². The highest BCUT2D eigenvalue weighted by Gasteiger charge is 2.41. The molecule has 6 rings (SSSR count). The third kappa shape index (κ3) is 2.78. The Morgan fingerprint density at radius 2 is 1.88 bits per heavy atom. The summed E-state index contributed by atoms with van der Waals surface area (Å²) in [5, 5.41) is 7.90. The lowest BCUT2D eigenvalue weighted by Gasteiger charge is -2.39. The van der Waals surface area contributed by atoms with Gasteiger partial charge in [-0.25, -0.2) is 9.07 Å². The molecule has 3 heterocycles. The molecule has 1 aromatic heterocycles. The molecular weight excluding hydrogens is 407 g/mol. The predicted molar refractivity (Wildman–Crippen MR) is 118 cm³/mol. The summed E-state index contributed by atoms with van der Waals surface area (Å²) in [5.41, 5.74) is 4.02. The number of anilines is 1. The van der Waals surface area contributed by atoms with E-state index in [1.165, 1.54) is 12.4 Å². The van der Waals surface area contributed by atoms with E-state index in [-0.39, 0.29) is 11.9 Å². The molecule has 0 radical (unpaired) electrons. The molecule has 2 aliphatic rings. The number of halogens is 1. The largest absolute Gasteiger partial charge is 0.497 e. The zero-order chi connectivity index (χ0) is 21.7. The molecule has 6 nitrogen and oxygen atoms in total. The summed E-state index contributed by atoms with van der Waals surface area (Å²) in [5.74, 6) is 1.70. The number of methoxy groups -OCH3 is 1. The molecule has 0 spiro atoms. The van der Waals surface area contributed by atoms with Gasteiger partial charge < -0.3 is 14.8 Å². The van der Waals surface area contributed by atoms with Crippen molar-refractivity contribution in [1.29, 1.82) is 0 Å². The Morgan fingerprint density at radius 1 is 1.03 bits per heavy atom. The molecule has 0 bridgehead atoms. The number of para-hydroxylation sites is 1. The molecule has 0 aliphatic carbocycles. The summed E-state index contributed by atoms with van der Waals surface area (Å²) in [6.45, 7) is 0. The van der Waals surface area contributed by atoms with E-state index in [0.717, 1.165) is 28.1 Å². The van der Waals surface area contributed by atoms with Crippen LogP contribution in [0.3, 0.4) is 0 Å². The normalized spacial score (nSPS) is 18.7. The number of nitrogens with one attached hydrogen (secondary N) is 1. The van der Waals surface area contributed by atoms with Crippen LogP contribution in [0.25, 0.3) is 5.70 Å². The molecule has 2 aliphatic heterocycles. The molecular formula is C25H19FN4O2. The number of nitrogens with zero attached hydrogens (tertiary/aromatic N) is 3. The van der Waals surface area contributed by atoms with Crippen molar-refractivity contribution in [3.05, 3.63) is 107 Å². The molecule has 2 atom stereocenters. The van der Waals surface area contributed by atoms with Crippen LogP contribution in [0, 0.1) is 5.82 Å². The molecule has 4 aromatic rings. The zero-order valence-electron chi connectivity index (χ0n) is 17.2. The van der Waals surface area contributed by atoms with Crippen molar-refractivity contribution in [1.82, 2.24) is 14.8 Å². The van der Waals surface area contributed by atoms with Crippen molar-refractivity contribution in [2.24, 2.45) is 0 Å². The van der Waals surface area contributed by atoms with Crippen molar-refractivity contribution >= 4 is 11.6 Å². The van der Waals surface area contributed by atoms with Crippen LogP contribution in [0.15, 0.2) is 84.7 Å². The van der Waals surface area contributed by atoms with E-state index in [2.05, 4.69) is 15.4 Å². The second-order valence-electron chi connectivity index (χ2n) is 7.68. The fourth-order valence-electron chi connectivity index (χ4n) is 4.50. The Hall–Kier alpha value is -4.13. The van der Waals surface area contributed by atoms with Crippen LogP contribution in [0.2, 0.25) is 0 Å². The third-order valence-corrected chi connectivity index (χ3v) is 5.92. The van der Waals surface area contributed by atoms with Gasteiger partial charge in [-0.05, 0) is 35.9 Å². The first-order valence-electron chi connectivity index (χ1n) is 10.3. The van der Waals surface area contributed by atoms with Crippen molar-refractivity contribution in [2.75, 3.05) is 12.4 Å². The van der Waals surface area contributed by atoms with Crippen molar-refractivity contribution in [3.8, 4) is 11.5 Å². The maximum atomic E-state index is 15.0. The van der Waals surface area contributed by atoms with Gasteiger partial charge in [0.05, 0.1) is 12.8 Å². The van der Waals surface area contributed by atoms with E-state index in [9.17, 15) is 0 Å². The summed E-state index contributed by atoms with van der Waals surface area (Å²) in [6.07, 6.45) is 0.862. The number of rotatable bonds is 3. The van der Waals surface area contributed by atoms with E-state index in [1.54, 1.807) is 23.9 Å². The number of aromatic nitrogens is 3. The molecule has 0 fully saturated rings. The lowest BCUT2D eigenvalue weighted by atomic mass is 9.84. The van der Waals surface area contributed by atoms with Crippen LogP contribution in [0.5, 0.6) is 11.5 Å². The van der Waals surface area contributed by atoms with Gasteiger partial charge in [0.15, 0.2) is 6.10 Å². The van der Waals surface area contributed by atoms with Crippen molar-refractivity contribution in [3.63, 3.8) is 0 Å². The van der Waals surface area contributed by atoms with Crippen LogP contribution < -0.4 is 14.8 Å². The second kappa shape index (κ2) is 7.23. The lowest BCUT2D eigenvalue weighted by molar-refractivity contribution is 0.218. The maximum absolute atomic E-state index is 15.0. The van der Waals surface area contributed by atoms with Crippen LogP contribution in [-0.2, 0) is 0 Å². The molecule has 3 aromatic carbocycles. The number of hydrogen-bond acceptors (Lipinski definition) is 5. The second-order valence-corrected chi connectivity index (χ2v) is 7.68. The van der Waals surface area contributed by atoms with Crippen molar-refractivity contribution in [2.45, 2.75) is 12.1 Å². The van der Waals surface area contributed by atoms with E-state index in [0.29, 0.717) is 17.3 Å². The van der Waals surface area contributed by atoms with Gasteiger partial charge in [-0.15, -0.1) is 0 Å². The van der Waals surface area contributed by atoms with Gasteiger partial charge in [-0.3, -0.25) is 0 Å². The minimum atomic E-state index is -0.651. The number of hydrogen-bond donors (Lipinski definition) is 1. The molecule has 7 heteroatoms. The minimum absolute atomic E-state index is 0.322. The maximum Gasteiger partial charge on any atom is 0.226 e. The van der Waals surface area contributed by atoms with Crippen LogP contribution in [0.1, 0.15) is 28.8 Å². The first-order valence-corrected chi connectivity index (χ1v) is 10.3. The van der Waals surface area contributed by atoms with E-state index < -0.39 is 6.10 Å². The van der Waals surface area contributed by atoms with Crippen LogP contribution >= 0.6 is 0 Å². The smallest absolute Gasteiger partial charge is 0.226 e. The fourth-order valence-corrected chi connectivity index (χ4v) is 4.50. The molecule has 0 saturated carbocycles. The monoisotopic (exact) mass is 426 g/mol. The van der Waals surface area contributed by atoms with Crippen LogP contribution in [-0.4, -0.2) is 21.9 Å². The van der Waals surface area contributed by atoms with Gasteiger partial charge in [-0.2, -0.15) is 10.1 Å². The lowest BCUT2D eigenvalue weighted by Crippen LogP contribution is -2.32. The third-order valence-electron chi connectivity index (χ3n) is 5.92. The molecule has 0 amide bonds. The van der Waals surface area contributed by atoms with Gasteiger partial charge >= 0.3 is 0 Å². The Kier molecular flexibility index (Phi) is 4.21. The first-order chi connectivity index (χ1) is 15.7. The summed E-state index contributed by atoms with van der Waals surface area (Å²) >= 11 is 0. The highest BCUT2D eigenvalue weighted by Crippen LogP contribution is 2.51. The quantitative estimate of drug-likeness (QED) is 0.500. The van der Waals surface area contributed by atoms with Crippen molar-refractivity contribution < 1.29 is 13.9 Å². The first kappa shape index (κ1) is 18.6.